The van der Waals surface area contributed by atoms with E-state index in [0.29, 0.717) is 12.7 Å². The topological polar surface area (TPSA) is 31.0 Å². The summed E-state index contributed by atoms with van der Waals surface area (Å²) in [6.07, 6.45) is 0.354. The first-order chi connectivity index (χ1) is 7.31. The summed E-state index contributed by atoms with van der Waals surface area (Å²) in [4.78, 5) is 0. The molecular formula is C12H16O3. The van der Waals surface area contributed by atoms with Gasteiger partial charge in [-0.05, 0) is 13.0 Å². The van der Waals surface area contributed by atoms with Crippen molar-refractivity contribution in [1.82, 2.24) is 0 Å². The first-order valence-corrected chi connectivity index (χ1v) is 5.17. The summed E-state index contributed by atoms with van der Waals surface area (Å²) >= 11 is 0. The zero-order valence-electron chi connectivity index (χ0n) is 9.10. The van der Waals surface area contributed by atoms with Crippen LogP contribution in [-0.2, 0) is 9.47 Å². The van der Waals surface area contributed by atoms with Crippen molar-refractivity contribution in [3.05, 3.63) is 29.8 Å². The molecule has 0 N–H and O–H groups in total. The Morgan fingerprint density at radius 1 is 1.47 bits per heavy atom. The van der Waals surface area contributed by atoms with Crippen LogP contribution in [0.2, 0.25) is 0 Å². The standard InChI is InChI=1S/C12H16O3/c1-9(14-7-10-8-15-10)11-5-3-4-6-12(11)13-2/h3-6,9-10H,7-8H2,1-2H3/t9-,10-/m0/s1. The minimum Gasteiger partial charge on any atom is -0.496 e. The minimum atomic E-state index is 0.0466. The highest BCUT2D eigenvalue weighted by molar-refractivity contribution is 5.34. The third kappa shape index (κ3) is 2.70. The van der Waals surface area contributed by atoms with Crippen LogP contribution in [0.3, 0.4) is 0 Å². The van der Waals surface area contributed by atoms with Crippen molar-refractivity contribution in [2.75, 3.05) is 20.3 Å². The SMILES string of the molecule is COc1ccccc1[C@H](C)OC[C@H]1CO1. The van der Waals surface area contributed by atoms with Gasteiger partial charge in [0.2, 0.25) is 0 Å². The summed E-state index contributed by atoms with van der Waals surface area (Å²) in [7, 11) is 1.68. The molecule has 2 rings (SSSR count). The Balaban J connectivity index is 1.98. The van der Waals surface area contributed by atoms with Gasteiger partial charge in [-0.3, -0.25) is 0 Å². The zero-order chi connectivity index (χ0) is 10.7. The van der Waals surface area contributed by atoms with Gasteiger partial charge in [-0.2, -0.15) is 0 Å². The lowest BCUT2D eigenvalue weighted by Gasteiger charge is -2.15. The second-order valence-corrected chi connectivity index (χ2v) is 3.67. The highest BCUT2D eigenvalue weighted by atomic mass is 16.6. The average Bonchev–Trinajstić information content (AvgIpc) is 3.09. The molecule has 1 aliphatic heterocycles. The molecule has 1 saturated heterocycles. The van der Waals surface area contributed by atoms with Crippen LogP contribution in [0.5, 0.6) is 5.75 Å². The summed E-state index contributed by atoms with van der Waals surface area (Å²) in [5.74, 6) is 0.877. The molecule has 1 aliphatic rings. The van der Waals surface area contributed by atoms with Crippen LogP contribution in [-0.4, -0.2) is 26.4 Å². The van der Waals surface area contributed by atoms with E-state index in [0.717, 1.165) is 17.9 Å². The van der Waals surface area contributed by atoms with Gasteiger partial charge in [-0.1, -0.05) is 18.2 Å². The zero-order valence-corrected chi connectivity index (χ0v) is 9.10. The van der Waals surface area contributed by atoms with Gasteiger partial charge in [0.1, 0.15) is 11.9 Å². The lowest BCUT2D eigenvalue weighted by molar-refractivity contribution is 0.0524. The molecule has 1 heterocycles. The van der Waals surface area contributed by atoms with E-state index >= 15 is 0 Å². The molecule has 3 nitrogen and oxygen atoms in total. The summed E-state index contributed by atoms with van der Waals surface area (Å²) in [5.41, 5.74) is 1.08. The summed E-state index contributed by atoms with van der Waals surface area (Å²) < 4.78 is 16.1. The largest absolute Gasteiger partial charge is 0.496 e. The molecule has 0 unspecified atom stereocenters. The van der Waals surface area contributed by atoms with Crippen molar-refractivity contribution in [1.29, 1.82) is 0 Å². The minimum absolute atomic E-state index is 0.0466. The second kappa shape index (κ2) is 4.64. The molecule has 0 aromatic heterocycles. The monoisotopic (exact) mass is 208 g/mol. The van der Waals surface area contributed by atoms with E-state index in [1.807, 2.05) is 31.2 Å². The van der Waals surface area contributed by atoms with Crippen LogP contribution in [0, 0.1) is 0 Å². The fraction of sp³-hybridized carbons (Fsp3) is 0.500. The number of hydrogen-bond acceptors (Lipinski definition) is 3. The fourth-order valence-corrected chi connectivity index (χ4v) is 1.51. The maximum Gasteiger partial charge on any atom is 0.124 e. The second-order valence-electron chi connectivity index (χ2n) is 3.67. The van der Waals surface area contributed by atoms with Crippen LogP contribution in [0.25, 0.3) is 0 Å². The van der Waals surface area contributed by atoms with Gasteiger partial charge in [0.25, 0.3) is 0 Å². The van der Waals surface area contributed by atoms with Crippen LogP contribution < -0.4 is 4.74 Å². The van der Waals surface area contributed by atoms with E-state index in [1.54, 1.807) is 7.11 Å². The van der Waals surface area contributed by atoms with Crippen LogP contribution >= 0.6 is 0 Å². The number of rotatable bonds is 5. The van der Waals surface area contributed by atoms with Crippen molar-refractivity contribution >= 4 is 0 Å². The quantitative estimate of drug-likeness (QED) is 0.695. The molecule has 0 radical (unpaired) electrons. The molecular weight excluding hydrogens is 192 g/mol. The number of para-hydroxylation sites is 1. The Morgan fingerprint density at radius 3 is 2.87 bits per heavy atom. The van der Waals surface area contributed by atoms with Crippen LogP contribution in [0.1, 0.15) is 18.6 Å². The maximum absolute atomic E-state index is 5.69. The first kappa shape index (κ1) is 10.5. The number of hydrogen-bond donors (Lipinski definition) is 0. The van der Waals surface area contributed by atoms with Gasteiger partial charge >= 0.3 is 0 Å². The van der Waals surface area contributed by atoms with Gasteiger partial charge in [-0.15, -0.1) is 0 Å². The predicted molar refractivity (Wildman–Crippen MR) is 57.1 cm³/mol. The highest BCUT2D eigenvalue weighted by Gasteiger charge is 2.24. The van der Waals surface area contributed by atoms with Crippen molar-refractivity contribution in [2.24, 2.45) is 0 Å². The van der Waals surface area contributed by atoms with Crippen LogP contribution in [0.15, 0.2) is 24.3 Å². The molecule has 0 bridgehead atoms. The van der Waals surface area contributed by atoms with E-state index in [-0.39, 0.29) is 6.10 Å². The van der Waals surface area contributed by atoms with Gasteiger partial charge in [0.15, 0.2) is 0 Å². The lowest BCUT2D eigenvalue weighted by Crippen LogP contribution is -2.07. The molecule has 3 heteroatoms. The van der Waals surface area contributed by atoms with Gasteiger partial charge in [0, 0.05) is 5.56 Å². The molecule has 82 valence electrons. The molecule has 1 aromatic carbocycles. The van der Waals surface area contributed by atoms with Crippen molar-refractivity contribution in [3.63, 3.8) is 0 Å². The van der Waals surface area contributed by atoms with Crippen molar-refractivity contribution in [3.8, 4) is 5.75 Å². The van der Waals surface area contributed by atoms with Gasteiger partial charge in [0.05, 0.1) is 26.4 Å². The summed E-state index contributed by atoms with van der Waals surface area (Å²) in [5, 5.41) is 0. The van der Waals surface area contributed by atoms with E-state index in [2.05, 4.69) is 0 Å². The fourth-order valence-electron chi connectivity index (χ4n) is 1.51. The van der Waals surface area contributed by atoms with Crippen molar-refractivity contribution in [2.45, 2.75) is 19.1 Å². The number of methoxy groups -OCH3 is 1. The number of epoxide rings is 1. The Morgan fingerprint density at radius 2 is 2.20 bits per heavy atom. The smallest absolute Gasteiger partial charge is 0.124 e. The predicted octanol–water partition coefficient (Wildman–Crippen LogP) is 2.17. The molecule has 1 aromatic rings. The Hall–Kier alpha value is -1.06. The van der Waals surface area contributed by atoms with E-state index in [9.17, 15) is 0 Å². The molecule has 15 heavy (non-hydrogen) atoms. The molecule has 0 aliphatic carbocycles. The Bertz CT molecular complexity index is 320. The Labute approximate surface area is 90.0 Å². The van der Waals surface area contributed by atoms with Crippen LogP contribution in [0.4, 0.5) is 0 Å². The highest BCUT2D eigenvalue weighted by Crippen LogP contribution is 2.27. The normalized spacial score (nSPS) is 21.1. The van der Waals surface area contributed by atoms with Gasteiger partial charge in [-0.25, -0.2) is 0 Å². The molecule has 0 spiro atoms. The summed E-state index contributed by atoms with van der Waals surface area (Å²) in [6, 6.07) is 7.92. The average molecular weight is 208 g/mol. The van der Waals surface area contributed by atoms with Crippen molar-refractivity contribution < 1.29 is 14.2 Å². The molecule has 0 saturated carbocycles. The number of benzene rings is 1. The lowest BCUT2D eigenvalue weighted by atomic mass is 10.1. The molecule has 1 fully saturated rings. The van der Waals surface area contributed by atoms with E-state index < -0.39 is 0 Å². The maximum atomic E-state index is 5.69. The Kier molecular flexibility index (Phi) is 3.23. The van der Waals surface area contributed by atoms with E-state index in [1.165, 1.54) is 0 Å². The third-order valence-corrected chi connectivity index (χ3v) is 2.51. The van der Waals surface area contributed by atoms with Gasteiger partial charge < -0.3 is 14.2 Å². The third-order valence-electron chi connectivity index (χ3n) is 2.51. The molecule has 0 amide bonds. The molecule has 2 atom stereocenters. The number of ether oxygens (including phenoxy) is 3. The van der Waals surface area contributed by atoms with E-state index in [4.69, 9.17) is 14.2 Å². The summed E-state index contributed by atoms with van der Waals surface area (Å²) in [6.45, 7) is 3.53. The first-order valence-electron chi connectivity index (χ1n) is 5.17.